The van der Waals surface area contributed by atoms with Crippen molar-refractivity contribution in [2.75, 3.05) is 12.8 Å². The molecule has 0 saturated heterocycles. The zero-order valence-electron chi connectivity index (χ0n) is 11.1. The van der Waals surface area contributed by atoms with Crippen molar-refractivity contribution in [1.82, 2.24) is 9.88 Å². The second kappa shape index (κ2) is 4.77. The molecule has 3 rings (SSSR count). The van der Waals surface area contributed by atoms with Gasteiger partial charge >= 0.3 is 0 Å². The zero-order valence-corrected chi connectivity index (χ0v) is 11.1. The third kappa shape index (κ3) is 2.25. The lowest BCUT2D eigenvalue weighted by Gasteiger charge is -2.14. The Kier molecular flexibility index (Phi) is 2.95. The Hall–Kier alpha value is -2.69. The summed E-state index contributed by atoms with van der Waals surface area (Å²) < 4.78 is 5.24. The van der Waals surface area contributed by atoms with E-state index >= 15 is 0 Å². The molecule has 0 bridgehead atoms. The van der Waals surface area contributed by atoms with Gasteiger partial charge in [-0.15, -0.1) is 0 Å². The molecule has 0 aliphatic heterocycles. The van der Waals surface area contributed by atoms with Gasteiger partial charge in [-0.1, -0.05) is 0 Å². The number of hydrogen-bond acceptors (Lipinski definition) is 3. The van der Waals surface area contributed by atoms with Gasteiger partial charge in [0, 0.05) is 23.6 Å². The first kappa shape index (κ1) is 12.3. The SMILES string of the molecule is CN(Cc1ccco1)C(=O)c1cc2cc(N)ccc2[nH]1. The first-order valence-electron chi connectivity index (χ1n) is 6.29. The molecule has 3 aromatic rings. The number of benzene rings is 1. The summed E-state index contributed by atoms with van der Waals surface area (Å²) in [5.41, 5.74) is 7.86. The third-order valence-corrected chi connectivity index (χ3v) is 3.20. The Morgan fingerprint density at radius 1 is 1.35 bits per heavy atom. The Morgan fingerprint density at radius 3 is 2.95 bits per heavy atom. The second-order valence-corrected chi connectivity index (χ2v) is 4.77. The maximum atomic E-state index is 12.3. The molecular formula is C15H15N3O2. The van der Waals surface area contributed by atoms with Gasteiger partial charge in [0.25, 0.3) is 5.91 Å². The number of nitrogen functional groups attached to an aromatic ring is 1. The van der Waals surface area contributed by atoms with Crippen LogP contribution in [0.4, 0.5) is 5.69 Å². The predicted octanol–water partition coefficient (Wildman–Crippen LogP) is 2.62. The van der Waals surface area contributed by atoms with Crippen molar-refractivity contribution in [2.45, 2.75) is 6.54 Å². The zero-order chi connectivity index (χ0) is 14.1. The minimum absolute atomic E-state index is 0.0869. The van der Waals surface area contributed by atoms with E-state index in [0.29, 0.717) is 17.9 Å². The van der Waals surface area contributed by atoms with Crippen LogP contribution in [0.25, 0.3) is 10.9 Å². The number of furan rings is 1. The Bertz CT molecular complexity index is 744. The average molecular weight is 269 g/mol. The van der Waals surface area contributed by atoms with Crippen molar-refractivity contribution in [3.63, 3.8) is 0 Å². The first-order chi connectivity index (χ1) is 9.63. The van der Waals surface area contributed by atoms with Crippen LogP contribution in [-0.2, 0) is 6.54 Å². The number of nitrogens with one attached hydrogen (secondary N) is 1. The third-order valence-electron chi connectivity index (χ3n) is 3.20. The standard InChI is InChI=1S/C15H15N3O2/c1-18(9-12-3-2-6-20-12)15(19)14-8-10-7-11(16)4-5-13(10)17-14/h2-8,17H,9,16H2,1H3. The maximum Gasteiger partial charge on any atom is 0.270 e. The molecule has 2 aromatic heterocycles. The Balaban J connectivity index is 1.84. The molecular weight excluding hydrogens is 254 g/mol. The number of carbonyl (C=O) groups excluding carboxylic acids is 1. The Labute approximate surface area is 116 Å². The topological polar surface area (TPSA) is 75.3 Å². The van der Waals surface area contributed by atoms with Gasteiger partial charge < -0.3 is 20.0 Å². The van der Waals surface area contributed by atoms with Gasteiger partial charge in [0.15, 0.2) is 0 Å². The van der Waals surface area contributed by atoms with Crippen LogP contribution in [0.1, 0.15) is 16.2 Å². The number of carbonyl (C=O) groups is 1. The van der Waals surface area contributed by atoms with E-state index in [1.165, 1.54) is 0 Å². The summed E-state index contributed by atoms with van der Waals surface area (Å²) in [7, 11) is 1.74. The van der Waals surface area contributed by atoms with Crippen molar-refractivity contribution < 1.29 is 9.21 Å². The summed E-state index contributed by atoms with van der Waals surface area (Å²) >= 11 is 0. The lowest BCUT2D eigenvalue weighted by atomic mass is 10.2. The number of nitrogens with zero attached hydrogens (tertiary/aromatic N) is 1. The number of amides is 1. The lowest BCUT2D eigenvalue weighted by molar-refractivity contribution is 0.0770. The molecule has 0 aliphatic rings. The van der Waals surface area contributed by atoms with Crippen LogP contribution in [0.15, 0.2) is 47.1 Å². The number of rotatable bonds is 3. The highest BCUT2D eigenvalue weighted by atomic mass is 16.3. The van der Waals surface area contributed by atoms with Crippen LogP contribution in [0.5, 0.6) is 0 Å². The molecule has 0 saturated carbocycles. The molecule has 0 spiro atoms. The number of aromatic amines is 1. The van der Waals surface area contributed by atoms with Gasteiger partial charge in [0.2, 0.25) is 0 Å². The number of hydrogen-bond donors (Lipinski definition) is 2. The van der Waals surface area contributed by atoms with E-state index < -0.39 is 0 Å². The fraction of sp³-hybridized carbons (Fsp3) is 0.133. The summed E-state index contributed by atoms with van der Waals surface area (Å²) in [6, 6.07) is 11.0. The van der Waals surface area contributed by atoms with Crippen LogP contribution in [-0.4, -0.2) is 22.8 Å². The summed E-state index contributed by atoms with van der Waals surface area (Å²) in [5, 5.41) is 0.930. The number of nitrogens with two attached hydrogens (primary N) is 1. The number of anilines is 1. The smallest absolute Gasteiger partial charge is 0.270 e. The average Bonchev–Trinajstić information content (AvgIpc) is 3.06. The summed E-state index contributed by atoms with van der Waals surface area (Å²) in [5.74, 6) is 0.664. The number of aromatic nitrogens is 1. The van der Waals surface area contributed by atoms with E-state index in [4.69, 9.17) is 10.2 Å². The van der Waals surface area contributed by atoms with Crippen molar-refractivity contribution >= 4 is 22.5 Å². The van der Waals surface area contributed by atoms with E-state index in [1.54, 1.807) is 30.3 Å². The molecule has 0 radical (unpaired) electrons. The molecule has 102 valence electrons. The predicted molar refractivity (Wildman–Crippen MR) is 77.2 cm³/mol. The summed E-state index contributed by atoms with van der Waals surface area (Å²) in [6.07, 6.45) is 1.60. The first-order valence-corrected chi connectivity index (χ1v) is 6.29. The largest absolute Gasteiger partial charge is 0.467 e. The van der Waals surface area contributed by atoms with Gasteiger partial charge in [-0.25, -0.2) is 0 Å². The highest BCUT2D eigenvalue weighted by Crippen LogP contribution is 2.19. The molecule has 1 amide bonds. The highest BCUT2D eigenvalue weighted by Gasteiger charge is 2.15. The van der Waals surface area contributed by atoms with Gasteiger partial charge in [-0.05, 0) is 36.4 Å². The molecule has 2 heterocycles. The molecule has 0 unspecified atom stereocenters. The van der Waals surface area contributed by atoms with Crippen molar-refractivity contribution in [3.8, 4) is 0 Å². The fourth-order valence-electron chi connectivity index (χ4n) is 2.18. The van der Waals surface area contributed by atoms with Crippen molar-refractivity contribution in [2.24, 2.45) is 0 Å². The van der Waals surface area contributed by atoms with Gasteiger partial charge in [-0.3, -0.25) is 4.79 Å². The van der Waals surface area contributed by atoms with Crippen LogP contribution < -0.4 is 5.73 Å². The van der Waals surface area contributed by atoms with Gasteiger partial charge in [-0.2, -0.15) is 0 Å². The molecule has 3 N–H and O–H groups in total. The number of H-pyrrole nitrogens is 1. The van der Waals surface area contributed by atoms with Crippen molar-refractivity contribution in [1.29, 1.82) is 0 Å². The lowest BCUT2D eigenvalue weighted by Crippen LogP contribution is -2.26. The van der Waals surface area contributed by atoms with Crippen LogP contribution in [0, 0.1) is 0 Å². The Morgan fingerprint density at radius 2 is 2.20 bits per heavy atom. The molecule has 5 heteroatoms. The van der Waals surface area contributed by atoms with E-state index in [1.807, 2.05) is 24.3 Å². The minimum Gasteiger partial charge on any atom is -0.467 e. The second-order valence-electron chi connectivity index (χ2n) is 4.77. The van der Waals surface area contributed by atoms with Crippen LogP contribution in [0.2, 0.25) is 0 Å². The number of fused-ring (bicyclic) bond motifs is 1. The molecule has 1 aromatic carbocycles. The summed E-state index contributed by atoms with van der Waals surface area (Å²) in [6.45, 7) is 0.434. The monoisotopic (exact) mass is 269 g/mol. The van der Waals surface area contributed by atoms with E-state index in [2.05, 4.69) is 4.98 Å². The van der Waals surface area contributed by atoms with Crippen LogP contribution >= 0.6 is 0 Å². The van der Waals surface area contributed by atoms with Crippen LogP contribution in [0.3, 0.4) is 0 Å². The minimum atomic E-state index is -0.0869. The maximum absolute atomic E-state index is 12.3. The van der Waals surface area contributed by atoms with E-state index in [0.717, 1.165) is 16.7 Å². The molecule has 0 fully saturated rings. The molecule has 20 heavy (non-hydrogen) atoms. The van der Waals surface area contributed by atoms with E-state index in [9.17, 15) is 4.79 Å². The van der Waals surface area contributed by atoms with E-state index in [-0.39, 0.29) is 5.91 Å². The highest BCUT2D eigenvalue weighted by molar-refractivity contribution is 5.98. The van der Waals surface area contributed by atoms with Gasteiger partial charge in [0.05, 0.1) is 12.8 Å². The molecule has 0 atom stereocenters. The normalized spacial score (nSPS) is 10.8. The molecule has 0 aliphatic carbocycles. The fourth-order valence-corrected chi connectivity index (χ4v) is 2.18. The van der Waals surface area contributed by atoms with Gasteiger partial charge in [0.1, 0.15) is 11.5 Å². The van der Waals surface area contributed by atoms with Crippen molar-refractivity contribution in [3.05, 3.63) is 54.1 Å². The quantitative estimate of drug-likeness (QED) is 0.718. The summed E-state index contributed by atoms with van der Waals surface area (Å²) in [4.78, 5) is 17.1. The molecule has 5 nitrogen and oxygen atoms in total.